The second-order valence-corrected chi connectivity index (χ2v) is 10.5. The number of rotatable bonds is 7. The van der Waals surface area contributed by atoms with Crippen LogP contribution < -0.4 is 21.1 Å². The molecule has 11 heteroatoms. The highest BCUT2D eigenvalue weighted by molar-refractivity contribution is 5.97. The molecule has 4 N–H and O–H groups in total. The number of benzene rings is 2. The van der Waals surface area contributed by atoms with Gasteiger partial charge in [0.25, 0.3) is 11.8 Å². The Morgan fingerprint density at radius 1 is 1.10 bits per heavy atom. The van der Waals surface area contributed by atoms with E-state index < -0.39 is 17.6 Å². The summed E-state index contributed by atoms with van der Waals surface area (Å²) in [6.45, 7) is 6.55. The zero-order valence-electron chi connectivity index (χ0n) is 23.1. The molecule has 1 aliphatic rings. The highest BCUT2D eigenvalue weighted by atomic mass is 16.6. The Hall–Kier alpha value is -4.67. The van der Waals surface area contributed by atoms with Gasteiger partial charge in [0.05, 0.1) is 19.0 Å². The summed E-state index contributed by atoms with van der Waals surface area (Å²) in [6, 6.07) is 14.0. The summed E-state index contributed by atoms with van der Waals surface area (Å²) in [5, 5.41) is 5.79. The Kier molecular flexibility index (Phi) is 8.52. The lowest BCUT2D eigenvalue weighted by atomic mass is 10.1. The van der Waals surface area contributed by atoms with Crippen LogP contribution in [0.5, 0.6) is 5.75 Å². The minimum Gasteiger partial charge on any atom is -0.497 e. The van der Waals surface area contributed by atoms with Crippen LogP contribution in [0.4, 0.5) is 10.6 Å². The third kappa shape index (κ3) is 7.25. The van der Waals surface area contributed by atoms with E-state index in [1.54, 1.807) is 57.0 Å². The molecule has 0 aliphatic carbocycles. The molecule has 0 unspecified atom stereocenters. The van der Waals surface area contributed by atoms with Crippen LogP contribution in [0.2, 0.25) is 0 Å². The molecule has 0 radical (unpaired) electrons. The smallest absolute Gasteiger partial charge is 0.410 e. The Labute approximate surface area is 233 Å². The number of carbonyl (C=O) groups excluding carboxylic acids is 3. The Morgan fingerprint density at radius 2 is 1.85 bits per heavy atom. The molecule has 2 heterocycles. The van der Waals surface area contributed by atoms with Gasteiger partial charge in [-0.25, -0.2) is 14.8 Å². The Morgan fingerprint density at radius 3 is 2.55 bits per heavy atom. The molecule has 3 aromatic rings. The largest absolute Gasteiger partial charge is 0.497 e. The standard InChI is InChI=1S/C29H34N6O5/c1-29(2,3)40-28(38)35-13-12-21(17-35)33-27(37)24-25(30)31-16-23(34-24)19-6-5-7-20(14-19)26(36)32-15-18-8-10-22(39-4)11-9-18/h5-11,14,16,21H,12-13,15,17H2,1-4H3,(H2,30,31)(H,32,36)(H,33,37)/t21-/m0/s1. The molecular weight excluding hydrogens is 512 g/mol. The number of methoxy groups -OCH3 is 1. The number of nitrogens with two attached hydrogens (primary N) is 1. The molecule has 0 saturated carbocycles. The topological polar surface area (TPSA) is 149 Å². The number of nitrogens with one attached hydrogen (secondary N) is 2. The van der Waals surface area contributed by atoms with E-state index in [4.69, 9.17) is 15.2 Å². The molecule has 1 atom stereocenters. The van der Waals surface area contributed by atoms with E-state index in [1.165, 1.54) is 6.20 Å². The van der Waals surface area contributed by atoms with Crippen LogP contribution in [-0.2, 0) is 11.3 Å². The summed E-state index contributed by atoms with van der Waals surface area (Å²) in [4.78, 5) is 48.4. The van der Waals surface area contributed by atoms with Crippen molar-refractivity contribution in [3.63, 3.8) is 0 Å². The number of hydrogen-bond donors (Lipinski definition) is 3. The summed E-state index contributed by atoms with van der Waals surface area (Å²) in [7, 11) is 1.60. The van der Waals surface area contributed by atoms with Gasteiger partial charge in [0, 0.05) is 36.8 Å². The summed E-state index contributed by atoms with van der Waals surface area (Å²) in [5.74, 6) is -0.0193. The number of anilines is 1. The summed E-state index contributed by atoms with van der Waals surface area (Å²) < 4.78 is 10.6. The van der Waals surface area contributed by atoms with Crippen molar-refractivity contribution in [2.75, 3.05) is 25.9 Å². The number of carbonyl (C=O) groups is 3. The van der Waals surface area contributed by atoms with Gasteiger partial charge in [-0.05, 0) is 57.0 Å². The van der Waals surface area contributed by atoms with Gasteiger partial charge >= 0.3 is 6.09 Å². The van der Waals surface area contributed by atoms with E-state index in [0.717, 1.165) is 11.3 Å². The molecule has 0 spiro atoms. The SMILES string of the molecule is COc1ccc(CNC(=O)c2cccc(-c3cnc(N)c(C(=O)N[C@H]4CCN(C(=O)OC(C)(C)C)C4)n3)c2)cc1. The zero-order chi connectivity index (χ0) is 28.9. The van der Waals surface area contributed by atoms with Crippen molar-refractivity contribution in [1.29, 1.82) is 0 Å². The number of aromatic nitrogens is 2. The fraction of sp³-hybridized carbons (Fsp3) is 0.345. The minimum absolute atomic E-state index is 0.0170. The monoisotopic (exact) mass is 546 g/mol. The normalized spacial score (nSPS) is 14.9. The van der Waals surface area contributed by atoms with Gasteiger partial charge in [-0.15, -0.1) is 0 Å². The predicted molar refractivity (Wildman–Crippen MR) is 150 cm³/mol. The first-order chi connectivity index (χ1) is 19.0. The molecule has 1 aliphatic heterocycles. The molecule has 2 aromatic carbocycles. The van der Waals surface area contributed by atoms with E-state index in [9.17, 15) is 14.4 Å². The average molecular weight is 547 g/mol. The molecule has 0 bridgehead atoms. The summed E-state index contributed by atoms with van der Waals surface area (Å²) >= 11 is 0. The Balaban J connectivity index is 1.41. The van der Waals surface area contributed by atoms with Crippen molar-refractivity contribution in [1.82, 2.24) is 25.5 Å². The zero-order valence-corrected chi connectivity index (χ0v) is 23.1. The van der Waals surface area contributed by atoms with E-state index >= 15 is 0 Å². The third-order valence-electron chi connectivity index (χ3n) is 6.22. The number of likely N-dealkylation sites (tertiary alicyclic amines) is 1. The number of nitrogen functional groups attached to an aromatic ring is 1. The van der Waals surface area contributed by atoms with Gasteiger partial charge in [-0.3, -0.25) is 9.59 Å². The van der Waals surface area contributed by atoms with Gasteiger partial charge in [0.15, 0.2) is 11.5 Å². The molecule has 3 amide bonds. The van der Waals surface area contributed by atoms with Gasteiger partial charge in [-0.1, -0.05) is 24.3 Å². The third-order valence-corrected chi connectivity index (χ3v) is 6.22. The van der Waals surface area contributed by atoms with Crippen LogP contribution in [0.25, 0.3) is 11.3 Å². The lowest BCUT2D eigenvalue weighted by Crippen LogP contribution is -2.40. The first-order valence-electron chi connectivity index (χ1n) is 13.0. The fourth-order valence-corrected chi connectivity index (χ4v) is 4.18. The summed E-state index contributed by atoms with van der Waals surface area (Å²) in [6.07, 6.45) is 1.62. The molecule has 1 fully saturated rings. The number of ether oxygens (including phenoxy) is 2. The van der Waals surface area contributed by atoms with Crippen LogP contribution in [0.1, 0.15) is 53.6 Å². The van der Waals surface area contributed by atoms with Crippen molar-refractivity contribution >= 4 is 23.7 Å². The maximum atomic E-state index is 13.0. The lowest BCUT2D eigenvalue weighted by Gasteiger charge is -2.24. The molecule has 11 nitrogen and oxygen atoms in total. The van der Waals surface area contributed by atoms with E-state index in [-0.39, 0.29) is 23.5 Å². The maximum Gasteiger partial charge on any atom is 0.410 e. The quantitative estimate of drug-likeness (QED) is 0.408. The number of nitrogens with zero attached hydrogens (tertiary/aromatic N) is 3. The van der Waals surface area contributed by atoms with Crippen LogP contribution in [0.3, 0.4) is 0 Å². The number of hydrogen-bond acceptors (Lipinski definition) is 8. The van der Waals surface area contributed by atoms with Gasteiger partial charge in [0.1, 0.15) is 11.4 Å². The van der Waals surface area contributed by atoms with Crippen LogP contribution >= 0.6 is 0 Å². The molecule has 210 valence electrons. The van der Waals surface area contributed by atoms with Crippen molar-refractivity contribution in [2.24, 2.45) is 0 Å². The van der Waals surface area contributed by atoms with Crippen molar-refractivity contribution in [2.45, 2.75) is 45.4 Å². The van der Waals surface area contributed by atoms with Crippen molar-refractivity contribution in [3.8, 4) is 17.0 Å². The van der Waals surface area contributed by atoms with Crippen LogP contribution in [-0.4, -0.2) is 64.6 Å². The first kappa shape index (κ1) is 28.3. The molecule has 40 heavy (non-hydrogen) atoms. The molecule has 1 aromatic heterocycles. The summed E-state index contributed by atoms with van der Waals surface area (Å²) in [5.41, 5.74) is 7.73. The molecular formula is C29H34N6O5. The van der Waals surface area contributed by atoms with E-state index in [1.807, 2.05) is 24.3 Å². The second-order valence-electron chi connectivity index (χ2n) is 10.5. The predicted octanol–water partition coefficient (Wildman–Crippen LogP) is 3.40. The van der Waals surface area contributed by atoms with E-state index in [0.29, 0.717) is 42.9 Å². The van der Waals surface area contributed by atoms with Crippen LogP contribution in [0.15, 0.2) is 54.7 Å². The van der Waals surface area contributed by atoms with Crippen molar-refractivity contribution in [3.05, 3.63) is 71.5 Å². The van der Waals surface area contributed by atoms with Crippen LogP contribution in [0, 0.1) is 0 Å². The fourth-order valence-electron chi connectivity index (χ4n) is 4.18. The van der Waals surface area contributed by atoms with E-state index in [2.05, 4.69) is 20.6 Å². The van der Waals surface area contributed by atoms with Gasteiger partial charge < -0.3 is 30.7 Å². The van der Waals surface area contributed by atoms with Gasteiger partial charge in [-0.2, -0.15) is 0 Å². The van der Waals surface area contributed by atoms with Crippen molar-refractivity contribution < 1.29 is 23.9 Å². The van der Waals surface area contributed by atoms with Gasteiger partial charge in [0.2, 0.25) is 0 Å². The maximum absolute atomic E-state index is 13.0. The first-order valence-corrected chi connectivity index (χ1v) is 13.0. The second kappa shape index (κ2) is 12.0. The molecule has 4 rings (SSSR count). The highest BCUT2D eigenvalue weighted by Gasteiger charge is 2.31. The lowest BCUT2D eigenvalue weighted by molar-refractivity contribution is 0.0290. The highest BCUT2D eigenvalue weighted by Crippen LogP contribution is 2.21. The minimum atomic E-state index is -0.600. The molecule has 1 saturated heterocycles. The average Bonchev–Trinajstić information content (AvgIpc) is 3.40. The Bertz CT molecular complexity index is 1390. The number of amides is 3.